The molecule has 3 aromatic rings. The van der Waals surface area contributed by atoms with Crippen LogP contribution in [0.5, 0.6) is 5.75 Å². The molecule has 1 amide bonds. The molecule has 206 valence electrons. The average molecular weight is 573 g/mol. The number of rotatable bonds is 8. The van der Waals surface area contributed by atoms with Crippen molar-refractivity contribution in [2.75, 3.05) is 11.9 Å². The first kappa shape index (κ1) is 28.2. The zero-order valence-corrected chi connectivity index (χ0v) is 20.8. The molecule has 0 aliphatic heterocycles. The van der Waals surface area contributed by atoms with Gasteiger partial charge in [0.05, 0.1) is 22.6 Å². The van der Waals surface area contributed by atoms with Crippen LogP contribution in [-0.2, 0) is 14.9 Å². The van der Waals surface area contributed by atoms with E-state index < -0.39 is 47.3 Å². The number of alkyl halides is 5. The predicted molar refractivity (Wildman–Crippen MR) is 128 cm³/mol. The van der Waals surface area contributed by atoms with Crippen LogP contribution < -0.4 is 10.1 Å². The zero-order chi connectivity index (χ0) is 28.5. The normalized spacial score (nSPS) is 14.2. The van der Waals surface area contributed by atoms with Gasteiger partial charge in [0, 0.05) is 34.6 Å². The lowest BCUT2D eigenvalue weighted by Gasteiger charge is -2.19. The first-order valence-corrected chi connectivity index (χ1v) is 11.8. The number of carbonyl (C=O) groups is 2. The molecule has 0 bridgehead atoms. The Morgan fingerprint density at radius 1 is 1.13 bits per heavy atom. The van der Waals surface area contributed by atoms with Gasteiger partial charge in [-0.1, -0.05) is 23.7 Å². The third-order valence-electron chi connectivity index (χ3n) is 6.02. The number of nitrogens with zero attached hydrogens (tertiary/aromatic N) is 1. The van der Waals surface area contributed by atoms with Gasteiger partial charge < -0.3 is 14.8 Å². The largest absolute Gasteiger partial charge is 0.573 e. The van der Waals surface area contributed by atoms with Crippen molar-refractivity contribution in [1.82, 2.24) is 4.98 Å². The monoisotopic (exact) mass is 572 g/mol. The maximum absolute atomic E-state index is 14.7. The Balaban J connectivity index is 1.65. The van der Waals surface area contributed by atoms with Gasteiger partial charge in [-0.2, -0.15) is 0 Å². The Bertz CT molecular complexity index is 1410. The Labute approximate surface area is 222 Å². The highest BCUT2D eigenvalue weighted by Gasteiger charge is 2.53. The number of pyridine rings is 1. The second kappa shape index (κ2) is 10.8. The molecule has 0 spiro atoms. The molecule has 1 heterocycles. The maximum atomic E-state index is 14.7. The van der Waals surface area contributed by atoms with Crippen LogP contribution in [0.15, 0.2) is 48.7 Å². The molecular formula is C26H19ClF6N2O4. The lowest BCUT2D eigenvalue weighted by atomic mass is 9.93. The number of aromatic nitrogens is 1. The highest BCUT2D eigenvalue weighted by atomic mass is 35.5. The van der Waals surface area contributed by atoms with Crippen LogP contribution in [0.2, 0.25) is 5.02 Å². The quantitative estimate of drug-likeness (QED) is 0.228. The summed E-state index contributed by atoms with van der Waals surface area (Å²) in [4.78, 5) is 29.6. The van der Waals surface area contributed by atoms with E-state index in [1.54, 1.807) is 6.92 Å². The van der Waals surface area contributed by atoms with E-state index in [2.05, 4.69) is 15.0 Å². The molecule has 0 unspecified atom stereocenters. The van der Waals surface area contributed by atoms with Gasteiger partial charge in [0.2, 0.25) is 5.91 Å². The molecule has 1 aliphatic rings. The molecule has 0 radical (unpaired) electrons. The number of benzene rings is 2. The minimum atomic E-state index is -5.01. The third-order valence-corrected chi connectivity index (χ3v) is 6.31. The second-order valence-corrected chi connectivity index (χ2v) is 9.01. The molecule has 1 aliphatic carbocycles. The first-order chi connectivity index (χ1) is 18.3. The van der Waals surface area contributed by atoms with Crippen LogP contribution >= 0.6 is 11.6 Å². The Kier molecular flexibility index (Phi) is 7.78. The van der Waals surface area contributed by atoms with Crippen LogP contribution in [0, 0.1) is 5.82 Å². The van der Waals surface area contributed by atoms with Gasteiger partial charge in [0.25, 0.3) is 6.43 Å². The number of amides is 1. The highest BCUT2D eigenvalue weighted by Crippen LogP contribution is 2.50. The predicted octanol–water partition coefficient (Wildman–Crippen LogP) is 7.22. The fraction of sp³-hybridized carbons (Fsp3) is 0.269. The van der Waals surface area contributed by atoms with E-state index in [0.29, 0.717) is 6.07 Å². The van der Waals surface area contributed by atoms with Crippen molar-refractivity contribution in [2.45, 2.75) is 38.0 Å². The van der Waals surface area contributed by atoms with Crippen molar-refractivity contribution in [1.29, 1.82) is 0 Å². The van der Waals surface area contributed by atoms with E-state index in [9.17, 15) is 35.9 Å². The Morgan fingerprint density at radius 3 is 2.38 bits per heavy atom. The number of hydrogen-bond donors (Lipinski definition) is 1. The summed E-state index contributed by atoms with van der Waals surface area (Å²) in [5.41, 5.74) is -1.61. The molecule has 0 saturated heterocycles. The van der Waals surface area contributed by atoms with E-state index >= 15 is 0 Å². The van der Waals surface area contributed by atoms with Crippen LogP contribution in [0.1, 0.15) is 47.8 Å². The van der Waals surface area contributed by atoms with Gasteiger partial charge in [0.15, 0.2) is 0 Å². The summed E-state index contributed by atoms with van der Waals surface area (Å²) in [5, 5.41) is 2.55. The summed E-state index contributed by atoms with van der Waals surface area (Å²) in [6, 6.07) is 7.49. The fourth-order valence-electron chi connectivity index (χ4n) is 4.10. The minimum Gasteiger partial charge on any atom is -0.462 e. The van der Waals surface area contributed by atoms with Crippen molar-refractivity contribution in [3.05, 3.63) is 76.3 Å². The SMILES string of the molecule is CCOC(=O)c1cc(NC(=O)C2(c3ccc(OC(F)(F)F)cc3F)CC2)cc(Cl)c1-c1ccc(C(F)F)nc1. The van der Waals surface area contributed by atoms with Crippen molar-refractivity contribution >= 4 is 29.2 Å². The first-order valence-electron chi connectivity index (χ1n) is 11.5. The number of hydrogen-bond acceptors (Lipinski definition) is 5. The maximum Gasteiger partial charge on any atom is 0.573 e. The molecule has 0 atom stereocenters. The van der Waals surface area contributed by atoms with Gasteiger partial charge in [-0.05, 0) is 44.0 Å². The van der Waals surface area contributed by atoms with E-state index in [-0.39, 0.29) is 52.4 Å². The molecule has 1 N–H and O–H groups in total. The summed E-state index contributed by atoms with van der Waals surface area (Å²) in [7, 11) is 0. The molecule has 1 fully saturated rings. The summed E-state index contributed by atoms with van der Waals surface area (Å²) in [6.45, 7) is 1.58. The van der Waals surface area contributed by atoms with Crippen molar-refractivity contribution in [3.8, 4) is 16.9 Å². The van der Waals surface area contributed by atoms with Crippen LogP contribution in [0.25, 0.3) is 11.1 Å². The number of ether oxygens (including phenoxy) is 2. The molecular weight excluding hydrogens is 554 g/mol. The lowest BCUT2D eigenvalue weighted by Crippen LogP contribution is -2.29. The van der Waals surface area contributed by atoms with Crippen molar-refractivity contribution in [3.63, 3.8) is 0 Å². The van der Waals surface area contributed by atoms with Crippen LogP contribution in [0.3, 0.4) is 0 Å². The van der Waals surface area contributed by atoms with Gasteiger partial charge in [0.1, 0.15) is 17.3 Å². The van der Waals surface area contributed by atoms with Crippen LogP contribution in [0.4, 0.5) is 32.0 Å². The van der Waals surface area contributed by atoms with Gasteiger partial charge in [-0.15, -0.1) is 13.2 Å². The number of halogens is 7. The summed E-state index contributed by atoms with van der Waals surface area (Å²) in [6.07, 6.45) is -6.25. The topological polar surface area (TPSA) is 77.5 Å². The molecule has 2 aromatic carbocycles. The Hall–Kier alpha value is -3.80. The van der Waals surface area contributed by atoms with Gasteiger partial charge in [-0.3, -0.25) is 9.78 Å². The van der Waals surface area contributed by atoms with Gasteiger partial charge >= 0.3 is 12.3 Å². The van der Waals surface area contributed by atoms with Crippen molar-refractivity contribution in [2.24, 2.45) is 0 Å². The molecule has 13 heteroatoms. The number of nitrogens with one attached hydrogen (secondary N) is 1. The van der Waals surface area contributed by atoms with Gasteiger partial charge in [-0.25, -0.2) is 18.0 Å². The average Bonchev–Trinajstić information content (AvgIpc) is 3.65. The lowest BCUT2D eigenvalue weighted by molar-refractivity contribution is -0.274. The minimum absolute atomic E-state index is 0.00544. The number of esters is 1. The second-order valence-electron chi connectivity index (χ2n) is 8.60. The smallest absolute Gasteiger partial charge is 0.462 e. The highest BCUT2D eigenvalue weighted by molar-refractivity contribution is 6.34. The molecule has 1 aromatic heterocycles. The van der Waals surface area contributed by atoms with E-state index in [1.165, 1.54) is 18.2 Å². The zero-order valence-electron chi connectivity index (χ0n) is 20.0. The van der Waals surface area contributed by atoms with Crippen molar-refractivity contribution < 1.29 is 45.4 Å². The number of carbonyl (C=O) groups excluding carboxylic acids is 2. The van der Waals surface area contributed by atoms with E-state index in [0.717, 1.165) is 24.4 Å². The standard InChI is InChI=1S/C26H19ClF6N2O4/c1-2-38-23(36)16-9-14(10-18(27)21(16)13-3-6-20(22(29)30)34-12-13)35-24(37)25(7-8-25)17-5-4-15(11-19(17)28)39-26(31,32)33/h3-6,9-12,22H,2,7-8H2,1H3,(H,35,37). The molecule has 4 rings (SSSR count). The summed E-state index contributed by atoms with van der Waals surface area (Å²) < 4.78 is 86.8. The molecule has 1 saturated carbocycles. The van der Waals surface area contributed by atoms with E-state index in [1.807, 2.05) is 0 Å². The fourth-order valence-corrected chi connectivity index (χ4v) is 4.43. The molecule has 6 nitrogen and oxygen atoms in total. The summed E-state index contributed by atoms with van der Waals surface area (Å²) in [5.74, 6) is -3.30. The van der Waals surface area contributed by atoms with Crippen LogP contribution in [-0.4, -0.2) is 29.8 Å². The molecule has 39 heavy (non-hydrogen) atoms. The third kappa shape index (κ3) is 6.11. The summed E-state index contributed by atoms with van der Waals surface area (Å²) >= 11 is 6.44. The van der Waals surface area contributed by atoms with E-state index in [4.69, 9.17) is 16.3 Å². The Morgan fingerprint density at radius 2 is 1.85 bits per heavy atom. The number of anilines is 1.